The molecule has 3 rings (SSSR count). The van der Waals surface area contributed by atoms with Gasteiger partial charge in [0.05, 0.1) is 24.0 Å². The number of hydrogen-bond donors (Lipinski definition) is 3. The predicted molar refractivity (Wildman–Crippen MR) is 121 cm³/mol. The molecule has 172 valence electrons. The maximum absolute atomic E-state index is 13.6. The van der Waals surface area contributed by atoms with Gasteiger partial charge in [-0.2, -0.15) is 0 Å². The number of nitrogens with zero attached hydrogens (tertiary/aromatic N) is 2. The van der Waals surface area contributed by atoms with Gasteiger partial charge in [0.15, 0.2) is 0 Å². The van der Waals surface area contributed by atoms with E-state index >= 15 is 0 Å². The molecular formula is C21H34N5O4P. The lowest BCUT2D eigenvalue weighted by atomic mass is 10.1. The monoisotopic (exact) mass is 451 g/mol. The summed E-state index contributed by atoms with van der Waals surface area (Å²) in [5.74, 6) is -0.644. The van der Waals surface area contributed by atoms with Crippen LogP contribution in [0.2, 0.25) is 0 Å². The fourth-order valence-electron chi connectivity index (χ4n) is 3.87. The topological polar surface area (TPSA) is 103 Å². The molecule has 0 spiro atoms. The fraction of sp³-hybridized carbons (Fsp3) is 0.619. The summed E-state index contributed by atoms with van der Waals surface area (Å²) in [4.78, 5) is 28.6. The second-order valence-corrected chi connectivity index (χ2v) is 10.4. The van der Waals surface area contributed by atoms with Crippen molar-refractivity contribution < 1.29 is 18.7 Å². The molecule has 2 aliphatic heterocycles. The first kappa shape index (κ1) is 24.0. The van der Waals surface area contributed by atoms with E-state index in [9.17, 15) is 14.2 Å². The molecule has 2 amide bonds. The molecule has 1 unspecified atom stereocenters. The minimum atomic E-state index is -3.05. The number of benzene rings is 1. The van der Waals surface area contributed by atoms with E-state index < -0.39 is 7.37 Å². The highest BCUT2D eigenvalue weighted by Gasteiger charge is 2.37. The van der Waals surface area contributed by atoms with Gasteiger partial charge in [-0.15, -0.1) is 0 Å². The number of imide groups is 1. The molecule has 1 aromatic carbocycles. The van der Waals surface area contributed by atoms with Crippen LogP contribution in [0.1, 0.15) is 27.6 Å². The maximum Gasteiger partial charge on any atom is 0.261 e. The Hall–Kier alpha value is -1.61. The summed E-state index contributed by atoms with van der Waals surface area (Å²) in [6.45, 7) is 8.96. The Bertz CT molecular complexity index is 759. The van der Waals surface area contributed by atoms with Crippen LogP contribution in [0.5, 0.6) is 0 Å². The molecule has 9 nitrogen and oxygen atoms in total. The van der Waals surface area contributed by atoms with Crippen molar-refractivity contribution in [3.05, 3.63) is 35.4 Å². The Morgan fingerprint density at radius 2 is 1.42 bits per heavy atom. The van der Waals surface area contributed by atoms with Crippen LogP contribution < -0.4 is 16.0 Å². The number of amides is 2. The third-order valence-electron chi connectivity index (χ3n) is 5.49. The quantitative estimate of drug-likeness (QED) is 0.410. The van der Waals surface area contributed by atoms with Crippen LogP contribution in [-0.2, 0) is 9.09 Å². The molecular weight excluding hydrogens is 417 g/mol. The SMILES string of the molecule is CCOP(=O)(CCN1C(=O)c2ccccc2C1=O)CN1CCNCCNCCNCC1. The predicted octanol–water partition coefficient (Wildman–Crippen LogP) is 0.639. The van der Waals surface area contributed by atoms with E-state index in [0.29, 0.717) is 24.0 Å². The van der Waals surface area contributed by atoms with Gasteiger partial charge in [-0.25, -0.2) is 0 Å². The van der Waals surface area contributed by atoms with Crippen molar-refractivity contribution in [3.8, 4) is 0 Å². The van der Waals surface area contributed by atoms with Crippen LogP contribution in [0.15, 0.2) is 24.3 Å². The summed E-state index contributed by atoms with van der Waals surface area (Å²) in [6.07, 6.45) is 0.471. The van der Waals surface area contributed by atoms with Crippen molar-refractivity contribution >= 4 is 19.2 Å². The summed E-state index contributed by atoms with van der Waals surface area (Å²) in [7, 11) is -3.05. The highest BCUT2D eigenvalue weighted by Crippen LogP contribution is 2.47. The fourth-order valence-corrected chi connectivity index (χ4v) is 6.09. The highest BCUT2D eigenvalue weighted by molar-refractivity contribution is 7.58. The van der Waals surface area contributed by atoms with Crippen molar-refractivity contribution in [2.45, 2.75) is 6.92 Å². The average Bonchev–Trinajstić information content (AvgIpc) is 2.99. The molecule has 31 heavy (non-hydrogen) atoms. The van der Waals surface area contributed by atoms with E-state index in [-0.39, 0.29) is 24.5 Å². The van der Waals surface area contributed by atoms with Crippen LogP contribution >= 0.6 is 7.37 Å². The molecule has 0 radical (unpaired) electrons. The molecule has 1 saturated heterocycles. The normalized spacial score (nSPS) is 21.3. The number of fused-ring (bicyclic) bond motifs is 1. The lowest BCUT2D eigenvalue weighted by molar-refractivity contribution is 0.0663. The Kier molecular flexibility index (Phi) is 9.19. The number of carbonyl (C=O) groups excluding carboxylic acids is 2. The van der Waals surface area contributed by atoms with Gasteiger partial charge in [-0.1, -0.05) is 12.1 Å². The molecule has 1 atom stereocenters. The van der Waals surface area contributed by atoms with E-state index in [1.807, 2.05) is 6.92 Å². The van der Waals surface area contributed by atoms with Crippen LogP contribution in [-0.4, -0.2) is 99.6 Å². The lowest BCUT2D eigenvalue weighted by Crippen LogP contribution is -2.42. The first-order chi connectivity index (χ1) is 15.0. The minimum absolute atomic E-state index is 0.0969. The molecule has 0 saturated carbocycles. The first-order valence-corrected chi connectivity index (χ1v) is 13.1. The van der Waals surface area contributed by atoms with Gasteiger partial charge in [0.2, 0.25) is 7.37 Å². The Morgan fingerprint density at radius 3 is 1.94 bits per heavy atom. The summed E-state index contributed by atoms with van der Waals surface area (Å²) in [5, 5.41) is 10.2. The standard InChI is InChI=1S/C21H34N5O4P/c1-2-30-31(29,17-25-13-11-23-9-7-22-8-10-24-12-14-25)16-15-26-20(27)18-5-3-4-6-19(18)21(26)28/h3-6,22-24H,2,7-17H2,1H3. The first-order valence-electron chi connectivity index (χ1n) is 11.1. The van der Waals surface area contributed by atoms with Crippen LogP contribution in [0.4, 0.5) is 0 Å². The molecule has 1 fully saturated rings. The van der Waals surface area contributed by atoms with Crippen LogP contribution in [0.3, 0.4) is 0 Å². The summed E-state index contributed by atoms with van der Waals surface area (Å²) in [5.41, 5.74) is 0.821. The third kappa shape index (κ3) is 6.68. The Balaban J connectivity index is 1.61. The largest absolute Gasteiger partial charge is 0.328 e. The Morgan fingerprint density at radius 1 is 0.903 bits per heavy atom. The second-order valence-electron chi connectivity index (χ2n) is 7.77. The summed E-state index contributed by atoms with van der Waals surface area (Å²) in [6, 6.07) is 6.80. The summed E-state index contributed by atoms with van der Waals surface area (Å²) < 4.78 is 19.4. The van der Waals surface area contributed by atoms with Gasteiger partial charge < -0.3 is 20.5 Å². The van der Waals surface area contributed by atoms with Crippen molar-refractivity contribution in [1.29, 1.82) is 0 Å². The zero-order valence-corrected chi connectivity index (χ0v) is 19.2. The molecule has 2 heterocycles. The highest BCUT2D eigenvalue weighted by atomic mass is 31.2. The second kappa shape index (κ2) is 11.9. The Labute approximate surface area is 184 Å². The van der Waals surface area contributed by atoms with E-state index in [2.05, 4.69) is 20.9 Å². The smallest absolute Gasteiger partial charge is 0.261 e. The van der Waals surface area contributed by atoms with Crippen molar-refractivity contribution in [2.24, 2.45) is 0 Å². The van der Waals surface area contributed by atoms with Gasteiger partial charge in [-0.3, -0.25) is 24.0 Å². The minimum Gasteiger partial charge on any atom is -0.328 e. The van der Waals surface area contributed by atoms with Crippen LogP contribution in [0, 0.1) is 0 Å². The van der Waals surface area contributed by atoms with Crippen molar-refractivity contribution in [3.63, 3.8) is 0 Å². The number of nitrogens with one attached hydrogen (secondary N) is 3. The zero-order valence-electron chi connectivity index (χ0n) is 18.3. The van der Waals surface area contributed by atoms with E-state index in [4.69, 9.17) is 4.52 Å². The molecule has 2 aliphatic rings. The number of hydrogen-bond acceptors (Lipinski definition) is 8. The molecule has 10 heteroatoms. The molecule has 0 bridgehead atoms. The molecule has 0 aliphatic carbocycles. The number of carbonyl (C=O) groups is 2. The zero-order chi connectivity index (χ0) is 22.1. The molecule has 0 aromatic heterocycles. The van der Waals surface area contributed by atoms with E-state index in [0.717, 1.165) is 52.4 Å². The van der Waals surface area contributed by atoms with Gasteiger partial charge in [-0.05, 0) is 19.1 Å². The molecule has 3 N–H and O–H groups in total. The van der Waals surface area contributed by atoms with E-state index in [1.165, 1.54) is 4.90 Å². The van der Waals surface area contributed by atoms with Crippen molar-refractivity contribution in [1.82, 2.24) is 25.8 Å². The van der Waals surface area contributed by atoms with E-state index in [1.54, 1.807) is 24.3 Å². The van der Waals surface area contributed by atoms with Gasteiger partial charge >= 0.3 is 0 Å². The number of rotatable bonds is 7. The lowest BCUT2D eigenvalue weighted by Gasteiger charge is -2.29. The van der Waals surface area contributed by atoms with Gasteiger partial charge in [0.25, 0.3) is 11.8 Å². The third-order valence-corrected chi connectivity index (χ3v) is 7.93. The maximum atomic E-state index is 13.6. The van der Waals surface area contributed by atoms with Crippen molar-refractivity contribution in [2.75, 3.05) is 78.0 Å². The average molecular weight is 452 g/mol. The molecule has 1 aromatic rings. The van der Waals surface area contributed by atoms with Gasteiger partial charge in [0.1, 0.15) is 0 Å². The van der Waals surface area contributed by atoms with Gasteiger partial charge in [0, 0.05) is 65.1 Å². The summed E-state index contributed by atoms with van der Waals surface area (Å²) >= 11 is 0. The van der Waals surface area contributed by atoms with Crippen LogP contribution in [0.25, 0.3) is 0 Å².